The van der Waals surface area contributed by atoms with Crippen LogP contribution >= 0.6 is 15.9 Å². The predicted molar refractivity (Wildman–Crippen MR) is 82.2 cm³/mol. The SMILES string of the molecule is COc1ccc(Br)cc1CN(C)Cc1ccc(F)c(F)c1. The largest absolute Gasteiger partial charge is 0.496 e. The summed E-state index contributed by atoms with van der Waals surface area (Å²) in [6.45, 7) is 1.16. The van der Waals surface area contributed by atoms with Gasteiger partial charge in [-0.3, -0.25) is 4.90 Å². The van der Waals surface area contributed by atoms with Crippen molar-refractivity contribution in [3.63, 3.8) is 0 Å². The third-order valence-electron chi connectivity index (χ3n) is 3.12. The van der Waals surface area contributed by atoms with E-state index < -0.39 is 11.6 Å². The Morgan fingerprint density at radius 1 is 1.05 bits per heavy atom. The average molecular weight is 356 g/mol. The highest BCUT2D eigenvalue weighted by atomic mass is 79.9. The van der Waals surface area contributed by atoms with Crippen molar-refractivity contribution < 1.29 is 13.5 Å². The molecular formula is C16H16BrF2NO. The molecule has 0 atom stereocenters. The number of ether oxygens (including phenoxy) is 1. The van der Waals surface area contributed by atoms with Gasteiger partial charge in [0, 0.05) is 23.1 Å². The molecule has 2 aromatic carbocycles. The molecule has 0 saturated heterocycles. The minimum atomic E-state index is -0.824. The van der Waals surface area contributed by atoms with Gasteiger partial charge in [0.25, 0.3) is 0 Å². The van der Waals surface area contributed by atoms with Crippen molar-refractivity contribution in [2.75, 3.05) is 14.2 Å². The Bertz CT molecular complexity index is 634. The summed E-state index contributed by atoms with van der Waals surface area (Å²) in [6.07, 6.45) is 0. The lowest BCUT2D eigenvalue weighted by Gasteiger charge is -2.19. The van der Waals surface area contributed by atoms with Gasteiger partial charge in [-0.25, -0.2) is 8.78 Å². The van der Waals surface area contributed by atoms with E-state index in [1.165, 1.54) is 6.07 Å². The number of benzene rings is 2. The highest BCUT2D eigenvalue weighted by molar-refractivity contribution is 9.10. The predicted octanol–water partition coefficient (Wildman–Crippen LogP) is 4.37. The van der Waals surface area contributed by atoms with Crippen molar-refractivity contribution in [1.29, 1.82) is 0 Å². The van der Waals surface area contributed by atoms with Gasteiger partial charge in [0.2, 0.25) is 0 Å². The monoisotopic (exact) mass is 355 g/mol. The molecule has 0 saturated carbocycles. The molecule has 2 nitrogen and oxygen atoms in total. The van der Waals surface area contributed by atoms with Crippen LogP contribution in [0.4, 0.5) is 8.78 Å². The van der Waals surface area contributed by atoms with Gasteiger partial charge in [0.1, 0.15) is 5.75 Å². The molecular weight excluding hydrogens is 340 g/mol. The molecule has 0 heterocycles. The summed E-state index contributed by atoms with van der Waals surface area (Å²) in [5.74, 6) is -0.841. The van der Waals surface area contributed by atoms with Crippen LogP contribution < -0.4 is 4.74 Å². The Morgan fingerprint density at radius 2 is 1.81 bits per heavy atom. The second kappa shape index (κ2) is 7.00. The van der Waals surface area contributed by atoms with Crippen LogP contribution in [-0.4, -0.2) is 19.1 Å². The van der Waals surface area contributed by atoms with Gasteiger partial charge in [-0.2, -0.15) is 0 Å². The molecule has 0 spiro atoms. The topological polar surface area (TPSA) is 12.5 Å². The molecule has 0 aliphatic carbocycles. The van der Waals surface area contributed by atoms with Crippen molar-refractivity contribution in [2.24, 2.45) is 0 Å². The average Bonchev–Trinajstić information content (AvgIpc) is 2.43. The number of hydrogen-bond acceptors (Lipinski definition) is 2. The second-order valence-electron chi connectivity index (χ2n) is 4.88. The Kier molecular flexibility index (Phi) is 5.31. The number of rotatable bonds is 5. The van der Waals surface area contributed by atoms with Crippen LogP contribution in [0.25, 0.3) is 0 Å². The molecule has 2 rings (SSSR count). The smallest absolute Gasteiger partial charge is 0.159 e. The molecule has 0 amide bonds. The standard InChI is InChI=1S/C16H16BrF2NO/c1-20(9-11-3-5-14(18)15(19)7-11)10-12-8-13(17)4-6-16(12)21-2/h3-8H,9-10H2,1-2H3. The normalized spacial score (nSPS) is 11.0. The second-order valence-corrected chi connectivity index (χ2v) is 5.79. The molecule has 0 bridgehead atoms. The van der Waals surface area contributed by atoms with E-state index in [-0.39, 0.29) is 0 Å². The summed E-state index contributed by atoms with van der Waals surface area (Å²) in [6, 6.07) is 9.76. The van der Waals surface area contributed by atoms with Crippen molar-refractivity contribution in [3.8, 4) is 5.75 Å². The number of hydrogen-bond donors (Lipinski definition) is 0. The van der Waals surface area contributed by atoms with Crippen LogP contribution in [0.15, 0.2) is 40.9 Å². The first-order valence-corrected chi connectivity index (χ1v) is 7.24. The summed E-state index contributed by atoms with van der Waals surface area (Å²) in [4.78, 5) is 2.01. The Balaban J connectivity index is 2.09. The Hall–Kier alpha value is -1.46. The van der Waals surface area contributed by atoms with E-state index in [1.54, 1.807) is 13.2 Å². The van der Waals surface area contributed by atoms with Gasteiger partial charge in [-0.15, -0.1) is 0 Å². The summed E-state index contributed by atoms with van der Waals surface area (Å²) >= 11 is 3.43. The van der Waals surface area contributed by atoms with E-state index in [0.29, 0.717) is 13.1 Å². The van der Waals surface area contributed by atoms with Gasteiger partial charge >= 0.3 is 0 Å². The third kappa shape index (κ3) is 4.25. The fourth-order valence-corrected chi connectivity index (χ4v) is 2.58. The van der Waals surface area contributed by atoms with Crippen LogP contribution in [0.2, 0.25) is 0 Å². The summed E-state index contributed by atoms with van der Waals surface area (Å²) < 4.78 is 32.4. The molecule has 0 aliphatic heterocycles. The van der Waals surface area contributed by atoms with E-state index in [4.69, 9.17) is 4.74 Å². The minimum absolute atomic E-state index is 0.521. The van der Waals surface area contributed by atoms with E-state index in [2.05, 4.69) is 15.9 Å². The van der Waals surface area contributed by atoms with Crippen LogP contribution in [0.5, 0.6) is 5.75 Å². The zero-order chi connectivity index (χ0) is 15.4. The lowest BCUT2D eigenvalue weighted by atomic mass is 10.1. The molecule has 5 heteroatoms. The molecule has 21 heavy (non-hydrogen) atoms. The van der Waals surface area contributed by atoms with E-state index >= 15 is 0 Å². The van der Waals surface area contributed by atoms with Crippen LogP contribution in [0.1, 0.15) is 11.1 Å². The van der Waals surface area contributed by atoms with Crippen LogP contribution in [-0.2, 0) is 13.1 Å². The third-order valence-corrected chi connectivity index (χ3v) is 3.61. The molecule has 0 aromatic heterocycles. The minimum Gasteiger partial charge on any atom is -0.496 e. The maximum atomic E-state index is 13.2. The summed E-state index contributed by atoms with van der Waals surface area (Å²) in [5.41, 5.74) is 1.75. The van der Waals surface area contributed by atoms with Gasteiger partial charge in [0.05, 0.1) is 7.11 Å². The van der Waals surface area contributed by atoms with Crippen molar-refractivity contribution in [2.45, 2.75) is 13.1 Å². The molecule has 0 N–H and O–H groups in total. The molecule has 112 valence electrons. The first-order chi connectivity index (χ1) is 9.99. The lowest BCUT2D eigenvalue weighted by Crippen LogP contribution is -2.18. The summed E-state index contributed by atoms with van der Waals surface area (Å²) in [7, 11) is 3.55. The number of halogens is 3. The fraction of sp³-hybridized carbons (Fsp3) is 0.250. The molecule has 2 aromatic rings. The Morgan fingerprint density at radius 3 is 2.48 bits per heavy atom. The van der Waals surface area contributed by atoms with Crippen molar-refractivity contribution >= 4 is 15.9 Å². The lowest BCUT2D eigenvalue weighted by molar-refractivity contribution is 0.309. The summed E-state index contributed by atoms with van der Waals surface area (Å²) in [5, 5.41) is 0. The quantitative estimate of drug-likeness (QED) is 0.789. The highest BCUT2D eigenvalue weighted by Crippen LogP contribution is 2.24. The molecule has 0 unspecified atom stereocenters. The first kappa shape index (κ1) is 15.9. The zero-order valence-corrected chi connectivity index (χ0v) is 13.5. The fourth-order valence-electron chi connectivity index (χ4n) is 2.17. The number of nitrogens with zero attached hydrogens (tertiary/aromatic N) is 1. The molecule has 0 aliphatic rings. The maximum absolute atomic E-state index is 13.2. The first-order valence-electron chi connectivity index (χ1n) is 6.44. The van der Waals surface area contributed by atoms with Crippen LogP contribution in [0, 0.1) is 11.6 Å². The van der Waals surface area contributed by atoms with Gasteiger partial charge in [-0.1, -0.05) is 22.0 Å². The Labute approximate surface area is 131 Å². The maximum Gasteiger partial charge on any atom is 0.159 e. The van der Waals surface area contributed by atoms with E-state index in [9.17, 15) is 8.78 Å². The van der Waals surface area contributed by atoms with Gasteiger partial charge in [-0.05, 0) is 42.9 Å². The zero-order valence-electron chi connectivity index (χ0n) is 11.9. The highest BCUT2D eigenvalue weighted by Gasteiger charge is 2.09. The van der Waals surface area contributed by atoms with Crippen LogP contribution in [0.3, 0.4) is 0 Å². The van der Waals surface area contributed by atoms with Gasteiger partial charge in [0.15, 0.2) is 11.6 Å². The molecule has 0 fully saturated rings. The van der Waals surface area contributed by atoms with Crippen molar-refractivity contribution in [1.82, 2.24) is 4.90 Å². The van der Waals surface area contributed by atoms with Gasteiger partial charge < -0.3 is 4.74 Å². The van der Waals surface area contributed by atoms with E-state index in [1.807, 2.05) is 30.1 Å². The number of methoxy groups -OCH3 is 1. The molecule has 0 radical (unpaired) electrons. The van der Waals surface area contributed by atoms with Crippen molar-refractivity contribution in [3.05, 3.63) is 63.6 Å². The van der Waals surface area contributed by atoms with E-state index in [0.717, 1.165) is 27.4 Å².